The van der Waals surface area contributed by atoms with Crippen LogP contribution < -0.4 is 4.74 Å². The van der Waals surface area contributed by atoms with E-state index in [1.165, 1.54) is 11.3 Å². The van der Waals surface area contributed by atoms with Crippen molar-refractivity contribution >= 4 is 11.3 Å². The number of nitrogens with zero attached hydrogens (tertiary/aromatic N) is 1. The molecule has 1 N–H and O–H groups in total. The predicted octanol–water partition coefficient (Wildman–Crippen LogP) is 4.07. The molecule has 0 spiro atoms. The fraction of sp³-hybridized carbons (Fsp3) is 0.438. The molecule has 0 bridgehead atoms. The van der Waals surface area contributed by atoms with Gasteiger partial charge in [0.1, 0.15) is 10.8 Å². The molecule has 0 radical (unpaired) electrons. The molecule has 0 fully saturated rings. The van der Waals surface area contributed by atoms with Gasteiger partial charge in [-0.3, -0.25) is 0 Å². The first-order valence-electron chi connectivity index (χ1n) is 6.78. The molecule has 108 valence electrons. The second-order valence-corrected chi connectivity index (χ2v) is 6.85. The maximum absolute atomic E-state index is 9.97. The van der Waals surface area contributed by atoms with E-state index in [0.29, 0.717) is 5.92 Å². The summed E-state index contributed by atoms with van der Waals surface area (Å²) in [7, 11) is 0. The van der Waals surface area contributed by atoms with E-state index in [2.05, 4.69) is 18.8 Å². The third kappa shape index (κ3) is 3.81. The molecule has 3 nitrogen and oxygen atoms in total. The lowest BCUT2D eigenvalue weighted by molar-refractivity contribution is 0.0823. The van der Waals surface area contributed by atoms with Gasteiger partial charge in [0, 0.05) is 11.8 Å². The van der Waals surface area contributed by atoms with E-state index < -0.39 is 5.60 Å². The van der Waals surface area contributed by atoms with Crippen LogP contribution in [0.2, 0.25) is 0 Å². The van der Waals surface area contributed by atoms with Crippen LogP contribution in [0.25, 0.3) is 10.6 Å². The van der Waals surface area contributed by atoms with Crippen molar-refractivity contribution in [1.82, 2.24) is 4.98 Å². The normalized spacial score (nSPS) is 11.9. The zero-order valence-electron chi connectivity index (χ0n) is 12.4. The van der Waals surface area contributed by atoms with Gasteiger partial charge >= 0.3 is 0 Å². The minimum atomic E-state index is -0.837. The van der Waals surface area contributed by atoms with Gasteiger partial charge in [-0.15, -0.1) is 11.3 Å². The highest BCUT2D eigenvalue weighted by Gasteiger charge is 2.19. The summed E-state index contributed by atoms with van der Waals surface area (Å²) in [6, 6.07) is 7.93. The zero-order chi connectivity index (χ0) is 14.8. The Morgan fingerprint density at radius 1 is 1.25 bits per heavy atom. The highest BCUT2D eigenvalue weighted by atomic mass is 32.1. The Morgan fingerprint density at radius 3 is 2.40 bits per heavy atom. The van der Waals surface area contributed by atoms with E-state index in [0.717, 1.165) is 27.8 Å². The van der Waals surface area contributed by atoms with E-state index in [1.807, 2.05) is 24.3 Å². The Morgan fingerprint density at radius 2 is 1.90 bits per heavy atom. The Hall–Kier alpha value is -1.39. The van der Waals surface area contributed by atoms with Gasteiger partial charge in [-0.25, -0.2) is 4.98 Å². The first-order chi connectivity index (χ1) is 9.36. The van der Waals surface area contributed by atoms with Crippen molar-refractivity contribution in [1.29, 1.82) is 0 Å². The van der Waals surface area contributed by atoms with Gasteiger partial charge in [-0.1, -0.05) is 13.8 Å². The molecular formula is C16H21NO2S. The van der Waals surface area contributed by atoms with Crippen molar-refractivity contribution in [2.45, 2.75) is 33.3 Å². The molecule has 0 saturated carbocycles. The molecule has 0 aliphatic rings. The van der Waals surface area contributed by atoms with Crippen LogP contribution in [0.5, 0.6) is 5.75 Å². The first-order valence-corrected chi connectivity index (χ1v) is 7.60. The van der Waals surface area contributed by atoms with E-state index in [1.54, 1.807) is 20.0 Å². The summed E-state index contributed by atoms with van der Waals surface area (Å²) >= 11 is 1.52. The molecule has 0 aliphatic carbocycles. The van der Waals surface area contributed by atoms with E-state index in [-0.39, 0.29) is 0 Å². The quantitative estimate of drug-likeness (QED) is 0.903. The number of benzene rings is 1. The fourth-order valence-corrected chi connectivity index (χ4v) is 2.57. The van der Waals surface area contributed by atoms with Gasteiger partial charge in [-0.2, -0.15) is 0 Å². The average Bonchev–Trinajstić information content (AvgIpc) is 2.86. The lowest BCUT2D eigenvalue weighted by Gasteiger charge is -2.13. The Kier molecular flexibility index (Phi) is 4.45. The first kappa shape index (κ1) is 15.0. The largest absolute Gasteiger partial charge is 0.493 e. The number of hydrogen-bond donors (Lipinski definition) is 1. The lowest BCUT2D eigenvalue weighted by Crippen LogP contribution is -2.12. The van der Waals surface area contributed by atoms with Crippen molar-refractivity contribution in [2.75, 3.05) is 6.61 Å². The van der Waals surface area contributed by atoms with Gasteiger partial charge in [0.15, 0.2) is 0 Å². The van der Waals surface area contributed by atoms with E-state index in [9.17, 15) is 5.11 Å². The topological polar surface area (TPSA) is 42.4 Å². The fourth-order valence-electron chi connectivity index (χ4n) is 1.65. The van der Waals surface area contributed by atoms with Crippen molar-refractivity contribution in [3.63, 3.8) is 0 Å². The smallest absolute Gasteiger partial charge is 0.123 e. The summed E-state index contributed by atoms with van der Waals surface area (Å²) in [5, 5.41) is 10.9. The summed E-state index contributed by atoms with van der Waals surface area (Å²) < 4.78 is 5.66. The maximum Gasteiger partial charge on any atom is 0.123 e. The summed E-state index contributed by atoms with van der Waals surface area (Å²) in [6.07, 6.45) is 1.74. The predicted molar refractivity (Wildman–Crippen MR) is 83.1 cm³/mol. The third-order valence-corrected chi connectivity index (χ3v) is 4.15. The maximum atomic E-state index is 9.97. The van der Waals surface area contributed by atoms with Gasteiger partial charge in [0.05, 0.1) is 17.1 Å². The Bertz CT molecular complexity index is 553. The van der Waals surface area contributed by atoms with Crippen molar-refractivity contribution in [3.8, 4) is 16.3 Å². The standard InChI is InChI=1S/C16H21NO2S/c1-11(2)10-19-13-7-5-12(6-8-13)15-17-9-14(20-15)16(3,4)18/h5-9,11,18H,10H2,1-4H3. The van der Waals surface area contributed by atoms with Crippen LogP contribution >= 0.6 is 11.3 Å². The summed E-state index contributed by atoms with van der Waals surface area (Å²) in [5.74, 6) is 1.39. The van der Waals surface area contributed by atoms with Gasteiger partial charge in [0.2, 0.25) is 0 Å². The number of ether oxygens (including phenoxy) is 1. The van der Waals surface area contributed by atoms with Crippen LogP contribution in [0.1, 0.15) is 32.6 Å². The van der Waals surface area contributed by atoms with Crippen molar-refractivity contribution < 1.29 is 9.84 Å². The molecule has 0 saturated heterocycles. The molecule has 0 aliphatic heterocycles. The minimum Gasteiger partial charge on any atom is -0.493 e. The second-order valence-electron chi connectivity index (χ2n) is 5.82. The zero-order valence-corrected chi connectivity index (χ0v) is 13.2. The Balaban J connectivity index is 2.12. The van der Waals surface area contributed by atoms with Gasteiger partial charge < -0.3 is 9.84 Å². The number of thiazole rings is 1. The molecule has 1 heterocycles. The van der Waals surface area contributed by atoms with E-state index >= 15 is 0 Å². The third-order valence-electron chi connectivity index (χ3n) is 2.79. The summed E-state index contributed by atoms with van der Waals surface area (Å²) in [6.45, 7) is 8.52. The number of hydrogen-bond acceptors (Lipinski definition) is 4. The van der Waals surface area contributed by atoms with Crippen LogP contribution in [0.3, 0.4) is 0 Å². The molecule has 0 unspecified atom stereocenters. The minimum absolute atomic E-state index is 0.517. The van der Waals surface area contributed by atoms with Crippen LogP contribution in [0.15, 0.2) is 30.5 Å². The van der Waals surface area contributed by atoms with Crippen LogP contribution in [0, 0.1) is 5.92 Å². The Labute approximate surface area is 124 Å². The van der Waals surface area contributed by atoms with Gasteiger partial charge in [0.25, 0.3) is 0 Å². The SMILES string of the molecule is CC(C)COc1ccc(-c2ncc(C(C)(C)O)s2)cc1. The molecule has 0 amide bonds. The molecule has 0 atom stereocenters. The van der Waals surface area contributed by atoms with E-state index in [4.69, 9.17) is 4.74 Å². The molecule has 4 heteroatoms. The molecule has 1 aromatic carbocycles. The van der Waals surface area contributed by atoms with Crippen molar-refractivity contribution in [2.24, 2.45) is 5.92 Å². The molecule has 2 rings (SSSR count). The molecular weight excluding hydrogens is 270 g/mol. The molecule has 2 aromatic rings. The molecule has 1 aromatic heterocycles. The monoisotopic (exact) mass is 291 g/mol. The molecule has 20 heavy (non-hydrogen) atoms. The number of aliphatic hydroxyl groups is 1. The van der Waals surface area contributed by atoms with Crippen LogP contribution in [0.4, 0.5) is 0 Å². The summed E-state index contributed by atoms with van der Waals surface area (Å²) in [5.41, 5.74) is 0.207. The highest BCUT2D eigenvalue weighted by molar-refractivity contribution is 7.15. The van der Waals surface area contributed by atoms with Crippen LogP contribution in [-0.4, -0.2) is 16.7 Å². The lowest BCUT2D eigenvalue weighted by atomic mass is 10.1. The second kappa shape index (κ2) is 5.94. The number of rotatable bonds is 5. The number of aromatic nitrogens is 1. The van der Waals surface area contributed by atoms with Gasteiger partial charge in [-0.05, 0) is 44.0 Å². The summed E-state index contributed by atoms with van der Waals surface area (Å²) in [4.78, 5) is 5.24. The average molecular weight is 291 g/mol. The highest BCUT2D eigenvalue weighted by Crippen LogP contribution is 2.32. The van der Waals surface area contributed by atoms with Crippen molar-refractivity contribution in [3.05, 3.63) is 35.3 Å². The van der Waals surface area contributed by atoms with Crippen LogP contribution in [-0.2, 0) is 5.60 Å².